The van der Waals surface area contributed by atoms with Crippen LogP contribution in [0.2, 0.25) is 0 Å². The third kappa shape index (κ3) is 22.6. The Balaban J connectivity index is 0.000000363. The topological polar surface area (TPSA) is 208 Å². The molecule has 1 aliphatic carbocycles. The molecule has 1 aliphatic rings. The van der Waals surface area contributed by atoms with Crippen molar-refractivity contribution in [3.8, 4) is 0 Å². The zero-order valence-electron chi connectivity index (χ0n) is 39.4. The van der Waals surface area contributed by atoms with Gasteiger partial charge in [-0.3, -0.25) is 14.4 Å². The van der Waals surface area contributed by atoms with Crippen LogP contribution in [0.4, 0.5) is 0 Å². The lowest BCUT2D eigenvalue weighted by Gasteiger charge is -2.29. The maximum absolute atomic E-state index is 13.1. The number of sulfonamides is 2. The first-order valence-corrected chi connectivity index (χ1v) is 26.4. The number of hydrogen-bond acceptors (Lipinski definition) is 11. The Kier molecular flexibility index (Phi) is 28.6. The van der Waals surface area contributed by atoms with Crippen LogP contribution in [-0.2, 0) is 43.8 Å². The summed E-state index contributed by atoms with van der Waals surface area (Å²) in [4.78, 5) is 34.6. The van der Waals surface area contributed by atoms with E-state index in [2.05, 4.69) is 33.9 Å². The number of ether oxygens (including phenoxy) is 3. The quantitative estimate of drug-likeness (QED) is 0.0412. The maximum atomic E-state index is 13.1. The molecule has 2 aromatic carbocycles. The average molecular weight is 939 g/mol. The molecule has 3 aromatic rings. The van der Waals surface area contributed by atoms with E-state index >= 15 is 0 Å². The van der Waals surface area contributed by atoms with Crippen LogP contribution in [0, 0.1) is 11.8 Å². The number of nitrogens with one attached hydrogen (secondary N) is 4. The molecule has 2 atom stereocenters. The van der Waals surface area contributed by atoms with Crippen LogP contribution >= 0.6 is 0 Å². The summed E-state index contributed by atoms with van der Waals surface area (Å²) < 4.78 is 77.0. The molecule has 1 fully saturated rings. The maximum Gasteiger partial charge on any atom is 0.240 e. The van der Waals surface area contributed by atoms with Gasteiger partial charge >= 0.3 is 0 Å². The predicted molar refractivity (Wildman–Crippen MR) is 255 cm³/mol. The second-order valence-corrected chi connectivity index (χ2v) is 19.8. The first-order valence-electron chi connectivity index (χ1n) is 23.4. The lowest BCUT2D eigenvalue weighted by atomic mass is 9.81. The summed E-state index contributed by atoms with van der Waals surface area (Å²) in [6.07, 6.45) is 15.1. The van der Waals surface area contributed by atoms with Gasteiger partial charge < -0.3 is 29.3 Å². The van der Waals surface area contributed by atoms with Crippen molar-refractivity contribution in [3.63, 3.8) is 0 Å². The second-order valence-electron chi connectivity index (χ2n) is 16.3. The molecule has 4 rings (SSSR count). The van der Waals surface area contributed by atoms with Crippen LogP contribution in [0.1, 0.15) is 131 Å². The molecule has 1 heterocycles. The van der Waals surface area contributed by atoms with E-state index in [1.54, 1.807) is 13.8 Å². The minimum Gasteiger partial charge on any atom is -0.456 e. The van der Waals surface area contributed by atoms with Crippen molar-refractivity contribution in [2.75, 3.05) is 65.8 Å². The fourth-order valence-corrected chi connectivity index (χ4v) is 9.08. The van der Waals surface area contributed by atoms with Gasteiger partial charge in [-0.1, -0.05) is 72.6 Å². The number of rotatable bonds is 28. The van der Waals surface area contributed by atoms with Gasteiger partial charge in [0, 0.05) is 53.2 Å². The van der Waals surface area contributed by atoms with E-state index in [4.69, 9.17) is 18.6 Å². The lowest BCUT2D eigenvalue weighted by molar-refractivity contribution is -0.119. The van der Waals surface area contributed by atoms with Gasteiger partial charge in [0.2, 0.25) is 37.3 Å². The first-order chi connectivity index (χ1) is 30.7. The van der Waals surface area contributed by atoms with Gasteiger partial charge in [-0.25, -0.2) is 26.3 Å². The normalized spacial score (nSPS) is 15.2. The van der Waals surface area contributed by atoms with Crippen LogP contribution in [0.15, 0.2) is 55.4 Å². The minimum absolute atomic E-state index is 0.0454. The zero-order valence-corrected chi connectivity index (χ0v) is 41.0. The molecule has 0 radical (unpaired) electrons. The van der Waals surface area contributed by atoms with Crippen molar-refractivity contribution in [1.29, 1.82) is 0 Å². The van der Waals surface area contributed by atoms with Gasteiger partial charge in [-0.05, 0) is 93.2 Å². The molecule has 0 saturated heterocycles. The smallest absolute Gasteiger partial charge is 0.240 e. The SMILES string of the molecule is CC(=O)NCC1CCCC(CNC(C)=O)C1.CCCCCOCCOCCOCCCCC.CCCCNS(=O)(=O)c1ccc2oc3ccc(S(=O)(=O)NCCCC)cc3c(=O)c2c1. The van der Waals surface area contributed by atoms with Crippen LogP contribution in [0.25, 0.3) is 21.9 Å². The molecule has 17 heteroatoms. The highest BCUT2D eigenvalue weighted by Gasteiger charge is 2.22. The molecule has 15 nitrogen and oxygen atoms in total. The van der Waals surface area contributed by atoms with E-state index in [9.17, 15) is 31.2 Å². The van der Waals surface area contributed by atoms with E-state index < -0.39 is 25.5 Å². The predicted octanol–water partition coefficient (Wildman–Crippen LogP) is 7.58. The van der Waals surface area contributed by atoms with E-state index in [1.807, 2.05) is 13.8 Å². The highest BCUT2D eigenvalue weighted by Crippen LogP contribution is 2.28. The molecule has 2 unspecified atom stereocenters. The van der Waals surface area contributed by atoms with E-state index in [1.165, 1.54) is 81.3 Å². The van der Waals surface area contributed by atoms with Crippen LogP contribution in [-0.4, -0.2) is 94.5 Å². The number of benzene rings is 2. The third-order valence-electron chi connectivity index (χ3n) is 10.6. The van der Waals surface area contributed by atoms with Gasteiger partial charge in [0.05, 0.1) is 47.0 Å². The molecule has 1 saturated carbocycles. The standard InChI is InChI=1S/C21H26N2O6S2.C14H30O3.C12H22N2O2/c1-3-5-11-22-30(25,26)15-7-9-19-17(13-15)21(24)18-14-16(8-10-20(18)29-19)31(27,28)23-12-6-4-2;1-3-5-7-9-15-11-13-17-14-12-16-10-8-6-4-2;1-9(15)13-7-11-4-3-5-12(6-11)8-14-10(2)16/h7-10,13-14,22-23H,3-6,11-12H2,1-2H3;3-14H2,1-2H3;11-12H,3-8H2,1-2H3,(H,13,15)(H,14,16). The fourth-order valence-electron chi connectivity index (χ4n) is 6.88. The summed E-state index contributed by atoms with van der Waals surface area (Å²) >= 11 is 0. The van der Waals surface area contributed by atoms with Gasteiger partial charge in [0.15, 0.2) is 0 Å². The molecule has 0 spiro atoms. The van der Waals surface area contributed by atoms with Crippen molar-refractivity contribution in [3.05, 3.63) is 46.6 Å². The number of amides is 2. The summed E-state index contributed by atoms with van der Waals surface area (Å²) in [5, 5.41) is 5.89. The number of carbonyl (C=O) groups is 2. The van der Waals surface area contributed by atoms with Gasteiger partial charge in [0.25, 0.3) is 0 Å². The number of unbranched alkanes of at least 4 members (excludes halogenated alkanes) is 6. The third-order valence-corrected chi connectivity index (χ3v) is 13.5. The summed E-state index contributed by atoms with van der Waals surface area (Å²) in [5.74, 6) is 1.25. The lowest BCUT2D eigenvalue weighted by Crippen LogP contribution is -2.34. The summed E-state index contributed by atoms with van der Waals surface area (Å²) in [6, 6.07) is 8.14. The van der Waals surface area contributed by atoms with E-state index in [0.29, 0.717) is 64.2 Å². The van der Waals surface area contributed by atoms with Gasteiger partial charge in [0.1, 0.15) is 11.2 Å². The van der Waals surface area contributed by atoms with Gasteiger partial charge in [-0.15, -0.1) is 0 Å². The average Bonchev–Trinajstić information content (AvgIpc) is 3.27. The minimum atomic E-state index is -3.77. The van der Waals surface area contributed by atoms with Gasteiger partial charge in [-0.2, -0.15) is 0 Å². The molecule has 0 aliphatic heterocycles. The second kappa shape index (κ2) is 32.3. The highest BCUT2D eigenvalue weighted by atomic mass is 32.2. The summed E-state index contributed by atoms with van der Waals surface area (Å²) in [7, 11) is -7.55. The number of carbonyl (C=O) groups excluding carboxylic acids is 2. The molecule has 64 heavy (non-hydrogen) atoms. The summed E-state index contributed by atoms with van der Waals surface area (Å²) in [5.41, 5.74) is -0.0455. The van der Waals surface area contributed by atoms with Crippen molar-refractivity contribution < 1.29 is 45.1 Å². The van der Waals surface area contributed by atoms with Crippen LogP contribution < -0.4 is 25.5 Å². The first kappa shape index (κ1) is 56.7. The molecule has 0 bridgehead atoms. The number of fused-ring (bicyclic) bond motifs is 2. The molecular weight excluding hydrogens is 861 g/mol. The zero-order chi connectivity index (χ0) is 47.2. The summed E-state index contributed by atoms with van der Waals surface area (Å²) in [6.45, 7) is 18.1. The van der Waals surface area contributed by atoms with Crippen molar-refractivity contribution in [2.45, 2.75) is 141 Å². The molecule has 4 N–H and O–H groups in total. The highest BCUT2D eigenvalue weighted by molar-refractivity contribution is 7.89. The monoisotopic (exact) mass is 939 g/mol. The van der Waals surface area contributed by atoms with Crippen LogP contribution in [0.5, 0.6) is 0 Å². The van der Waals surface area contributed by atoms with E-state index in [0.717, 1.165) is 58.4 Å². The van der Waals surface area contributed by atoms with Crippen molar-refractivity contribution >= 4 is 53.8 Å². The Morgan fingerprint density at radius 1 is 0.594 bits per heavy atom. The fraction of sp³-hybridized carbons (Fsp3) is 0.681. The van der Waals surface area contributed by atoms with E-state index in [-0.39, 0.29) is 43.5 Å². The molecule has 1 aromatic heterocycles. The number of hydrogen-bond donors (Lipinski definition) is 4. The Bertz CT molecular complexity index is 1940. The molecule has 2 amide bonds. The van der Waals surface area contributed by atoms with Crippen molar-refractivity contribution in [1.82, 2.24) is 20.1 Å². The Morgan fingerprint density at radius 3 is 1.36 bits per heavy atom. The largest absolute Gasteiger partial charge is 0.456 e. The Hall–Kier alpha value is -3.45. The Labute approximate surface area is 383 Å². The Morgan fingerprint density at radius 2 is 0.984 bits per heavy atom. The van der Waals surface area contributed by atoms with Crippen molar-refractivity contribution in [2.24, 2.45) is 11.8 Å². The molecular formula is C47H78N4O11S2. The molecule has 364 valence electrons. The van der Waals surface area contributed by atoms with Crippen LogP contribution in [0.3, 0.4) is 0 Å².